The second-order valence-electron chi connectivity index (χ2n) is 4.29. The van der Waals surface area contributed by atoms with Gasteiger partial charge in [0.15, 0.2) is 0 Å². The summed E-state index contributed by atoms with van der Waals surface area (Å²) >= 11 is 0. The average molecular weight is 234 g/mol. The molecule has 0 unspecified atom stereocenters. The molecule has 1 aliphatic carbocycles. The van der Waals surface area contributed by atoms with Crippen LogP contribution in [0.5, 0.6) is 0 Å². The number of carbonyl (C=O) groups is 1. The van der Waals surface area contributed by atoms with E-state index in [0.717, 1.165) is 25.7 Å². The van der Waals surface area contributed by atoms with Crippen molar-refractivity contribution in [3.8, 4) is 0 Å². The Morgan fingerprint density at radius 1 is 1.53 bits per heavy atom. The third-order valence-corrected chi connectivity index (χ3v) is 2.61. The molecule has 0 spiro atoms. The molecule has 0 aromatic carbocycles. The SMILES string of the molecule is CCCCNC(=O)c1ccnc(NC2CC2)n1. The standard InChI is InChI=1S/C12H18N4O/c1-2-3-7-13-11(17)10-6-8-14-12(16-10)15-9-4-5-9/h6,8-9H,2-5,7H2,1H3,(H,13,17)(H,14,15,16). The first-order valence-corrected chi connectivity index (χ1v) is 6.17. The lowest BCUT2D eigenvalue weighted by Crippen LogP contribution is -2.25. The molecule has 2 N–H and O–H groups in total. The van der Waals surface area contributed by atoms with E-state index < -0.39 is 0 Å². The smallest absolute Gasteiger partial charge is 0.270 e. The Morgan fingerprint density at radius 2 is 2.35 bits per heavy atom. The van der Waals surface area contributed by atoms with Crippen molar-refractivity contribution in [1.82, 2.24) is 15.3 Å². The molecule has 5 heteroatoms. The predicted octanol–water partition coefficient (Wildman–Crippen LogP) is 1.58. The Morgan fingerprint density at radius 3 is 3.06 bits per heavy atom. The molecule has 0 bridgehead atoms. The van der Waals surface area contributed by atoms with Gasteiger partial charge in [-0.15, -0.1) is 0 Å². The van der Waals surface area contributed by atoms with E-state index in [9.17, 15) is 4.79 Å². The maximum absolute atomic E-state index is 11.7. The number of unbranched alkanes of at least 4 members (excludes halogenated alkanes) is 1. The predicted molar refractivity (Wildman–Crippen MR) is 65.9 cm³/mol. The molecule has 1 aromatic rings. The first-order chi connectivity index (χ1) is 8.29. The highest BCUT2D eigenvalue weighted by molar-refractivity contribution is 5.92. The zero-order chi connectivity index (χ0) is 12.1. The van der Waals surface area contributed by atoms with Crippen molar-refractivity contribution in [2.45, 2.75) is 38.6 Å². The molecular weight excluding hydrogens is 216 g/mol. The Bertz CT molecular complexity index is 390. The molecule has 2 rings (SSSR count). The number of aromatic nitrogens is 2. The van der Waals surface area contributed by atoms with E-state index >= 15 is 0 Å². The molecule has 1 aliphatic rings. The summed E-state index contributed by atoms with van der Waals surface area (Å²) < 4.78 is 0. The molecule has 92 valence electrons. The fraction of sp³-hybridized carbons (Fsp3) is 0.583. The molecule has 0 radical (unpaired) electrons. The first kappa shape index (κ1) is 11.8. The summed E-state index contributed by atoms with van der Waals surface area (Å²) in [6.45, 7) is 2.79. The maximum Gasteiger partial charge on any atom is 0.270 e. The number of nitrogens with one attached hydrogen (secondary N) is 2. The highest BCUT2D eigenvalue weighted by atomic mass is 16.1. The van der Waals surface area contributed by atoms with E-state index in [1.807, 2.05) is 0 Å². The van der Waals surface area contributed by atoms with Gasteiger partial charge in [-0.1, -0.05) is 13.3 Å². The number of hydrogen-bond donors (Lipinski definition) is 2. The van der Waals surface area contributed by atoms with E-state index in [0.29, 0.717) is 24.2 Å². The summed E-state index contributed by atoms with van der Waals surface area (Å²) in [7, 11) is 0. The molecule has 1 saturated carbocycles. The van der Waals surface area contributed by atoms with Gasteiger partial charge in [-0.3, -0.25) is 4.79 Å². The van der Waals surface area contributed by atoms with Crippen LogP contribution in [0.4, 0.5) is 5.95 Å². The number of carbonyl (C=O) groups excluding carboxylic acids is 1. The van der Waals surface area contributed by atoms with Crippen molar-refractivity contribution in [2.24, 2.45) is 0 Å². The number of anilines is 1. The topological polar surface area (TPSA) is 66.9 Å². The molecule has 1 fully saturated rings. The van der Waals surface area contributed by atoms with Gasteiger partial charge in [0, 0.05) is 18.8 Å². The molecule has 1 heterocycles. The molecule has 5 nitrogen and oxygen atoms in total. The van der Waals surface area contributed by atoms with Crippen LogP contribution in [0.2, 0.25) is 0 Å². The quantitative estimate of drug-likeness (QED) is 0.733. The van der Waals surface area contributed by atoms with E-state index in [4.69, 9.17) is 0 Å². The highest BCUT2D eigenvalue weighted by Crippen LogP contribution is 2.22. The van der Waals surface area contributed by atoms with Gasteiger partial charge in [0.25, 0.3) is 5.91 Å². The number of rotatable bonds is 6. The van der Waals surface area contributed by atoms with Crippen LogP contribution in [0.25, 0.3) is 0 Å². The second kappa shape index (κ2) is 5.61. The Labute approximate surface area is 101 Å². The fourth-order valence-electron chi connectivity index (χ4n) is 1.43. The fourth-order valence-corrected chi connectivity index (χ4v) is 1.43. The highest BCUT2D eigenvalue weighted by Gasteiger charge is 2.22. The molecule has 1 amide bonds. The number of hydrogen-bond acceptors (Lipinski definition) is 4. The van der Waals surface area contributed by atoms with Gasteiger partial charge in [0.1, 0.15) is 5.69 Å². The van der Waals surface area contributed by atoms with Crippen LogP contribution in [0.1, 0.15) is 43.1 Å². The van der Waals surface area contributed by atoms with Gasteiger partial charge in [-0.05, 0) is 25.3 Å². The van der Waals surface area contributed by atoms with Crippen molar-refractivity contribution < 1.29 is 4.79 Å². The van der Waals surface area contributed by atoms with Gasteiger partial charge in [0.05, 0.1) is 0 Å². The van der Waals surface area contributed by atoms with Crippen LogP contribution in [0, 0.1) is 0 Å². The van der Waals surface area contributed by atoms with E-state index in [2.05, 4.69) is 27.5 Å². The minimum absolute atomic E-state index is 0.125. The van der Waals surface area contributed by atoms with Crippen LogP contribution in [0.15, 0.2) is 12.3 Å². The summed E-state index contributed by atoms with van der Waals surface area (Å²) in [5.41, 5.74) is 0.430. The van der Waals surface area contributed by atoms with Gasteiger partial charge in [-0.2, -0.15) is 0 Å². The van der Waals surface area contributed by atoms with Gasteiger partial charge < -0.3 is 10.6 Å². The van der Waals surface area contributed by atoms with E-state index in [1.54, 1.807) is 12.3 Å². The molecule has 1 aromatic heterocycles. The van der Waals surface area contributed by atoms with Gasteiger partial charge in [-0.25, -0.2) is 9.97 Å². The lowest BCUT2D eigenvalue weighted by molar-refractivity contribution is 0.0948. The van der Waals surface area contributed by atoms with Crippen molar-refractivity contribution in [3.05, 3.63) is 18.0 Å². The van der Waals surface area contributed by atoms with Crippen LogP contribution in [0.3, 0.4) is 0 Å². The van der Waals surface area contributed by atoms with Crippen molar-refractivity contribution in [2.75, 3.05) is 11.9 Å². The minimum Gasteiger partial charge on any atom is -0.351 e. The minimum atomic E-state index is -0.125. The average Bonchev–Trinajstić information content (AvgIpc) is 3.13. The Kier molecular flexibility index (Phi) is 3.90. The van der Waals surface area contributed by atoms with E-state index in [1.165, 1.54) is 0 Å². The Balaban J connectivity index is 1.91. The third-order valence-electron chi connectivity index (χ3n) is 2.61. The van der Waals surface area contributed by atoms with Crippen LogP contribution in [-0.4, -0.2) is 28.5 Å². The van der Waals surface area contributed by atoms with Crippen LogP contribution >= 0.6 is 0 Å². The van der Waals surface area contributed by atoms with Gasteiger partial charge in [0.2, 0.25) is 5.95 Å². The zero-order valence-corrected chi connectivity index (χ0v) is 10.1. The number of amides is 1. The van der Waals surface area contributed by atoms with Crippen molar-refractivity contribution in [3.63, 3.8) is 0 Å². The van der Waals surface area contributed by atoms with Crippen LogP contribution in [-0.2, 0) is 0 Å². The largest absolute Gasteiger partial charge is 0.351 e. The van der Waals surface area contributed by atoms with Gasteiger partial charge >= 0.3 is 0 Å². The normalized spacial score (nSPS) is 14.4. The molecule has 0 saturated heterocycles. The second-order valence-corrected chi connectivity index (χ2v) is 4.29. The van der Waals surface area contributed by atoms with Crippen molar-refractivity contribution >= 4 is 11.9 Å². The lowest BCUT2D eigenvalue weighted by Gasteiger charge is -2.06. The lowest BCUT2D eigenvalue weighted by atomic mass is 10.3. The third kappa shape index (κ3) is 3.69. The summed E-state index contributed by atoms with van der Waals surface area (Å²) in [5, 5.41) is 6.02. The summed E-state index contributed by atoms with van der Waals surface area (Å²) in [6, 6.07) is 2.13. The van der Waals surface area contributed by atoms with Crippen LogP contribution < -0.4 is 10.6 Å². The molecule has 0 aliphatic heterocycles. The summed E-state index contributed by atoms with van der Waals surface area (Å²) in [5.74, 6) is 0.426. The molecular formula is C12H18N4O. The van der Waals surface area contributed by atoms with Crippen molar-refractivity contribution in [1.29, 1.82) is 0 Å². The monoisotopic (exact) mass is 234 g/mol. The van der Waals surface area contributed by atoms with E-state index in [-0.39, 0.29) is 5.91 Å². The number of nitrogens with zero attached hydrogens (tertiary/aromatic N) is 2. The molecule has 17 heavy (non-hydrogen) atoms. The molecule has 0 atom stereocenters. The Hall–Kier alpha value is -1.65. The summed E-state index contributed by atoms with van der Waals surface area (Å²) in [4.78, 5) is 20.0. The first-order valence-electron chi connectivity index (χ1n) is 6.17. The summed E-state index contributed by atoms with van der Waals surface area (Å²) in [6.07, 6.45) is 6.00. The zero-order valence-electron chi connectivity index (χ0n) is 10.1. The maximum atomic E-state index is 11.7.